The predicted molar refractivity (Wildman–Crippen MR) is 136 cm³/mol. The van der Waals surface area contributed by atoms with Crippen LogP contribution in [0.25, 0.3) is 11.1 Å². The highest BCUT2D eigenvalue weighted by Crippen LogP contribution is 2.38. The fourth-order valence-corrected chi connectivity index (χ4v) is 5.07. The summed E-state index contributed by atoms with van der Waals surface area (Å²) in [7, 11) is 0. The van der Waals surface area contributed by atoms with Crippen LogP contribution in [0.4, 0.5) is 24.5 Å². The summed E-state index contributed by atoms with van der Waals surface area (Å²) >= 11 is 0. The van der Waals surface area contributed by atoms with Crippen LogP contribution in [0.3, 0.4) is 0 Å². The molecule has 0 radical (unpaired) electrons. The maximum Gasteiger partial charge on any atom is 0.417 e. The molecule has 1 amide bonds. The number of nitrogens with two attached hydrogens (primary N) is 1. The number of hydrogen-bond donors (Lipinski definition) is 3. The van der Waals surface area contributed by atoms with Crippen molar-refractivity contribution >= 4 is 17.3 Å². The molecule has 0 spiro atoms. The van der Waals surface area contributed by atoms with Crippen molar-refractivity contribution in [3.63, 3.8) is 0 Å². The van der Waals surface area contributed by atoms with Crippen molar-refractivity contribution < 1.29 is 23.1 Å². The Kier molecular flexibility index (Phi) is 7.55. The zero-order valence-corrected chi connectivity index (χ0v) is 20.2. The number of nitrogen functional groups attached to an aromatic ring is 1. The molecule has 0 heterocycles. The molecule has 3 aromatic rings. The van der Waals surface area contributed by atoms with Crippen molar-refractivity contribution in [3.05, 3.63) is 83.4 Å². The molecule has 0 aromatic heterocycles. The van der Waals surface area contributed by atoms with E-state index in [1.807, 2.05) is 42.5 Å². The van der Waals surface area contributed by atoms with E-state index in [9.17, 15) is 23.1 Å². The molecule has 0 aliphatic heterocycles. The highest BCUT2D eigenvalue weighted by atomic mass is 19.4. The Hall–Kier alpha value is -3.83. The second kappa shape index (κ2) is 10.7. The number of amides is 1. The molecular weight excluding hydrogens is 479 g/mol. The lowest BCUT2D eigenvalue weighted by Crippen LogP contribution is -2.51. The van der Waals surface area contributed by atoms with Gasteiger partial charge in [0.15, 0.2) is 0 Å². The number of carbonyl (C=O) groups is 1. The van der Waals surface area contributed by atoms with Crippen molar-refractivity contribution in [3.8, 4) is 17.2 Å². The summed E-state index contributed by atoms with van der Waals surface area (Å²) in [5.41, 5.74) is 5.39. The third-order valence-electron chi connectivity index (χ3n) is 7.00. The zero-order valence-electron chi connectivity index (χ0n) is 20.2. The van der Waals surface area contributed by atoms with E-state index in [1.165, 1.54) is 12.1 Å². The Balaban J connectivity index is 1.66. The van der Waals surface area contributed by atoms with Gasteiger partial charge < -0.3 is 16.2 Å². The summed E-state index contributed by atoms with van der Waals surface area (Å²) < 4.78 is 40.3. The first kappa shape index (κ1) is 26.2. The van der Waals surface area contributed by atoms with Gasteiger partial charge in [0.1, 0.15) is 5.60 Å². The van der Waals surface area contributed by atoms with Crippen LogP contribution < -0.4 is 11.1 Å². The van der Waals surface area contributed by atoms with Gasteiger partial charge in [-0.2, -0.15) is 18.4 Å². The fourth-order valence-electron chi connectivity index (χ4n) is 5.07. The minimum Gasteiger partial charge on any atom is -0.399 e. The van der Waals surface area contributed by atoms with E-state index < -0.39 is 28.8 Å². The van der Waals surface area contributed by atoms with Crippen molar-refractivity contribution in [1.82, 2.24) is 0 Å². The van der Waals surface area contributed by atoms with Crippen molar-refractivity contribution in [2.24, 2.45) is 5.92 Å². The van der Waals surface area contributed by atoms with E-state index in [0.717, 1.165) is 48.1 Å². The lowest BCUT2D eigenvalue weighted by atomic mass is 9.73. The molecule has 0 bridgehead atoms. The molecule has 1 unspecified atom stereocenters. The van der Waals surface area contributed by atoms with Crippen LogP contribution >= 0.6 is 0 Å². The van der Waals surface area contributed by atoms with E-state index >= 15 is 0 Å². The monoisotopic (exact) mass is 507 g/mol. The van der Waals surface area contributed by atoms with Crippen LogP contribution in [0, 0.1) is 17.2 Å². The third-order valence-corrected chi connectivity index (χ3v) is 7.00. The van der Waals surface area contributed by atoms with Crippen molar-refractivity contribution in [1.29, 1.82) is 5.26 Å². The van der Waals surface area contributed by atoms with Crippen LogP contribution in [0.5, 0.6) is 0 Å². The molecule has 192 valence electrons. The van der Waals surface area contributed by atoms with Crippen LogP contribution in [0.15, 0.2) is 66.7 Å². The van der Waals surface area contributed by atoms with Crippen LogP contribution in [0.1, 0.15) is 48.8 Å². The Labute approximate surface area is 213 Å². The number of benzene rings is 3. The molecule has 1 aliphatic rings. The van der Waals surface area contributed by atoms with Gasteiger partial charge >= 0.3 is 6.18 Å². The number of carbonyl (C=O) groups excluding carboxylic acids is 1. The standard InChI is InChI=1S/C29H28F3N3O2/c30-29(31,32)26-16-25(13-12-22(26)18-33)35-27(36)28(37,23-9-2-1-3-10-23)17-19-6-4-7-20(14-19)21-8-5-11-24(34)15-21/h4-8,11-16,23,37H,1-3,9-10,17,34H2,(H,35,36). The summed E-state index contributed by atoms with van der Waals surface area (Å²) in [5.74, 6) is -1.11. The predicted octanol–water partition coefficient (Wildman–Crippen LogP) is 6.32. The van der Waals surface area contributed by atoms with Gasteiger partial charge in [0.25, 0.3) is 5.91 Å². The quantitative estimate of drug-likeness (QED) is 0.340. The first-order chi connectivity index (χ1) is 17.6. The summed E-state index contributed by atoms with van der Waals surface area (Å²) in [6, 6.07) is 19.4. The normalized spacial score (nSPS) is 16.0. The van der Waals surface area contributed by atoms with E-state index in [-0.39, 0.29) is 18.0 Å². The van der Waals surface area contributed by atoms with E-state index in [1.54, 1.807) is 6.07 Å². The minimum absolute atomic E-state index is 0.00205. The number of aliphatic hydroxyl groups is 1. The molecule has 1 aliphatic carbocycles. The largest absolute Gasteiger partial charge is 0.417 e. The van der Waals surface area contributed by atoms with Crippen LogP contribution in [0.2, 0.25) is 0 Å². The molecule has 1 fully saturated rings. The first-order valence-electron chi connectivity index (χ1n) is 12.2. The van der Waals surface area contributed by atoms with Crippen LogP contribution in [-0.2, 0) is 17.4 Å². The fraction of sp³-hybridized carbons (Fsp3) is 0.310. The average molecular weight is 508 g/mol. The number of nitrogens with one attached hydrogen (secondary N) is 1. The highest BCUT2D eigenvalue weighted by molar-refractivity contribution is 5.97. The molecule has 1 saturated carbocycles. The van der Waals surface area contributed by atoms with E-state index in [4.69, 9.17) is 11.0 Å². The van der Waals surface area contributed by atoms with Gasteiger partial charge in [0, 0.05) is 17.8 Å². The van der Waals surface area contributed by atoms with Gasteiger partial charge in [0.2, 0.25) is 0 Å². The number of nitriles is 1. The summed E-state index contributed by atoms with van der Waals surface area (Å²) in [4.78, 5) is 13.5. The topological polar surface area (TPSA) is 99.1 Å². The molecule has 5 nitrogen and oxygen atoms in total. The molecule has 3 aromatic carbocycles. The van der Waals surface area contributed by atoms with E-state index in [2.05, 4.69) is 5.32 Å². The highest BCUT2D eigenvalue weighted by Gasteiger charge is 2.44. The summed E-state index contributed by atoms with van der Waals surface area (Å²) in [6.07, 6.45) is -0.754. The maximum absolute atomic E-state index is 13.5. The third kappa shape index (κ3) is 5.95. The maximum atomic E-state index is 13.5. The number of nitrogens with zero attached hydrogens (tertiary/aromatic N) is 1. The van der Waals surface area contributed by atoms with Gasteiger partial charge in [-0.25, -0.2) is 0 Å². The molecule has 0 saturated heterocycles. The van der Waals surface area contributed by atoms with Crippen LogP contribution in [-0.4, -0.2) is 16.6 Å². The Morgan fingerprint density at radius 2 is 1.68 bits per heavy atom. The van der Waals surface area contributed by atoms with Gasteiger partial charge in [0.05, 0.1) is 17.2 Å². The smallest absolute Gasteiger partial charge is 0.399 e. The number of anilines is 2. The van der Waals surface area contributed by atoms with Crippen molar-refractivity contribution in [2.45, 2.75) is 50.3 Å². The van der Waals surface area contributed by atoms with Crippen molar-refractivity contribution in [2.75, 3.05) is 11.1 Å². The molecule has 1 atom stereocenters. The number of hydrogen-bond acceptors (Lipinski definition) is 4. The molecule has 4 N–H and O–H groups in total. The summed E-state index contributed by atoms with van der Waals surface area (Å²) in [5, 5.41) is 23.4. The molecule has 4 rings (SSSR count). The number of rotatable bonds is 6. The van der Waals surface area contributed by atoms with Gasteiger partial charge in [-0.1, -0.05) is 55.7 Å². The second-order valence-corrected chi connectivity index (χ2v) is 9.59. The number of alkyl halides is 3. The minimum atomic E-state index is -4.76. The molecular formula is C29H28F3N3O2. The van der Waals surface area contributed by atoms with Gasteiger partial charge in [-0.15, -0.1) is 0 Å². The average Bonchev–Trinajstić information content (AvgIpc) is 2.88. The Morgan fingerprint density at radius 3 is 2.32 bits per heavy atom. The van der Waals surface area contributed by atoms with E-state index in [0.29, 0.717) is 18.5 Å². The number of halogens is 3. The lowest BCUT2D eigenvalue weighted by molar-refractivity contribution is -0.142. The first-order valence-corrected chi connectivity index (χ1v) is 12.2. The Morgan fingerprint density at radius 1 is 1.00 bits per heavy atom. The SMILES string of the molecule is N#Cc1ccc(NC(=O)C(O)(Cc2cccc(-c3cccc(N)c3)c2)C2CCCCC2)cc1C(F)(F)F. The lowest BCUT2D eigenvalue weighted by Gasteiger charge is -2.37. The molecule has 8 heteroatoms. The summed E-state index contributed by atoms with van der Waals surface area (Å²) in [6.45, 7) is 0. The van der Waals surface area contributed by atoms with Gasteiger partial charge in [-0.05, 0) is 65.8 Å². The zero-order chi connectivity index (χ0) is 26.6. The second-order valence-electron chi connectivity index (χ2n) is 9.59. The Bertz CT molecular complexity index is 1330. The van der Waals surface area contributed by atoms with Gasteiger partial charge in [-0.3, -0.25) is 4.79 Å². The molecule has 37 heavy (non-hydrogen) atoms.